The molecule has 2 rings (SSSR count). The Labute approximate surface area is 184 Å². The normalized spacial score (nSPS) is 10.9. The Morgan fingerprint density at radius 1 is 1.13 bits per heavy atom. The molecule has 0 saturated carbocycles. The van der Waals surface area contributed by atoms with Crippen molar-refractivity contribution < 1.29 is 19.1 Å². The molecule has 0 aliphatic carbocycles. The number of anilines is 1. The molecule has 0 saturated heterocycles. The van der Waals surface area contributed by atoms with Gasteiger partial charge >= 0.3 is 0 Å². The number of amides is 2. The van der Waals surface area contributed by atoms with Gasteiger partial charge in [-0.15, -0.1) is 0 Å². The third kappa shape index (κ3) is 7.48. The van der Waals surface area contributed by atoms with E-state index in [0.29, 0.717) is 24.0 Å². The summed E-state index contributed by atoms with van der Waals surface area (Å²) >= 11 is 0. The predicted octanol–water partition coefficient (Wildman–Crippen LogP) is 4.40. The van der Waals surface area contributed by atoms with E-state index >= 15 is 0 Å². The predicted molar refractivity (Wildman–Crippen MR) is 124 cm³/mol. The van der Waals surface area contributed by atoms with Crippen molar-refractivity contribution in [3.63, 3.8) is 0 Å². The molecule has 0 atom stereocenters. The number of benzene rings is 2. The molecule has 2 amide bonds. The summed E-state index contributed by atoms with van der Waals surface area (Å²) in [5.41, 5.74) is 2.63. The van der Waals surface area contributed by atoms with Crippen LogP contribution in [0.2, 0.25) is 0 Å². The lowest BCUT2D eigenvalue weighted by atomic mass is 10.1. The maximum Gasteiger partial charge on any atom is 0.246 e. The summed E-state index contributed by atoms with van der Waals surface area (Å²) in [4.78, 5) is 26.1. The summed E-state index contributed by atoms with van der Waals surface area (Å²) in [6.07, 6.45) is 3.95. The fourth-order valence-electron chi connectivity index (χ4n) is 2.89. The molecule has 31 heavy (non-hydrogen) atoms. The number of hydrogen-bond donors (Lipinski definition) is 1. The van der Waals surface area contributed by atoms with Gasteiger partial charge in [0, 0.05) is 18.8 Å². The van der Waals surface area contributed by atoms with Gasteiger partial charge in [0.15, 0.2) is 11.5 Å². The first-order valence-electron chi connectivity index (χ1n) is 10.5. The Bertz CT molecular complexity index is 921. The second kappa shape index (κ2) is 11.8. The maximum absolute atomic E-state index is 12.4. The van der Waals surface area contributed by atoms with E-state index in [1.165, 1.54) is 11.0 Å². The van der Waals surface area contributed by atoms with Crippen molar-refractivity contribution in [2.75, 3.05) is 32.6 Å². The van der Waals surface area contributed by atoms with E-state index < -0.39 is 0 Å². The van der Waals surface area contributed by atoms with Gasteiger partial charge < -0.3 is 19.7 Å². The molecule has 2 aromatic carbocycles. The van der Waals surface area contributed by atoms with Gasteiger partial charge in [-0.1, -0.05) is 45.0 Å². The number of methoxy groups -OCH3 is 1. The first-order chi connectivity index (χ1) is 14.8. The molecule has 1 N–H and O–H groups in total. The fourth-order valence-corrected chi connectivity index (χ4v) is 2.89. The molecule has 0 aromatic heterocycles. The van der Waals surface area contributed by atoms with E-state index in [1.807, 2.05) is 49.4 Å². The highest BCUT2D eigenvalue weighted by molar-refractivity contribution is 5.98. The van der Waals surface area contributed by atoms with Crippen LogP contribution in [-0.2, 0) is 16.0 Å². The summed E-state index contributed by atoms with van der Waals surface area (Å²) in [7, 11) is 3.18. The van der Waals surface area contributed by atoms with E-state index in [-0.39, 0.29) is 18.4 Å². The molecule has 0 unspecified atom stereocenters. The zero-order valence-electron chi connectivity index (χ0n) is 19.0. The van der Waals surface area contributed by atoms with Crippen LogP contribution in [0.1, 0.15) is 31.9 Å². The Balaban J connectivity index is 1.96. The van der Waals surface area contributed by atoms with Gasteiger partial charge in [0.05, 0.1) is 20.3 Å². The average molecular weight is 425 g/mol. The number of rotatable bonds is 10. The number of carbonyl (C=O) groups excluding carboxylic acids is 2. The minimum atomic E-state index is -0.266. The molecule has 6 nitrogen and oxygen atoms in total. The SMILES string of the molecule is CCc1ccccc1NC(=O)CN(C)C(=O)/C=C/c1ccc(OCC(C)C)c(OC)c1. The number of likely N-dealkylation sites (N-methyl/N-ethyl adjacent to an activating group) is 1. The molecule has 0 fully saturated rings. The van der Waals surface area contributed by atoms with Crippen LogP contribution in [0.15, 0.2) is 48.5 Å². The molecule has 0 spiro atoms. The molecular weight excluding hydrogens is 392 g/mol. The Morgan fingerprint density at radius 3 is 2.55 bits per heavy atom. The van der Waals surface area contributed by atoms with Crippen LogP contribution in [-0.4, -0.2) is 44.0 Å². The van der Waals surface area contributed by atoms with Gasteiger partial charge in [0.1, 0.15) is 0 Å². The van der Waals surface area contributed by atoms with Crippen molar-refractivity contribution in [1.29, 1.82) is 0 Å². The molecule has 2 aromatic rings. The first-order valence-corrected chi connectivity index (χ1v) is 10.5. The van der Waals surface area contributed by atoms with Crippen LogP contribution in [0.4, 0.5) is 5.69 Å². The van der Waals surface area contributed by atoms with Crippen LogP contribution in [0.3, 0.4) is 0 Å². The first kappa shape index (κ1) is 24.0. The van der Waals surface area contributed by atoms with Crippen LogP contribution >= 0.6 is 0 Å². The highest BCUT2D eigenvalue weighted by atomic mass is 16.5. The van der Waals surface area contributed by atoms with Gasteiger partial charge in [-0.05, 0) is 47.7 Å². The Hall–Kier alpha value is -3.28. The van der Waals surface area contributed by atoms with E-state index in [0.717, 1.165) is 23.2 Å². The van der Waals surface area contributed by atoms with E-state index in [2.05, 4.69) is 19.2 Å². The number of aryl methyl sites for hydroxylation is 1. The van der Waals surface area contributed by atoms with Gasteiger partial charge in [-0.2, -0.15) is 0 Å². The second-order valence-corrected chi connectivity index (χ2v) is 7.70. The van der Waals surface area contributed by atoms with Crippen LogP contribution < -0.4 is 14.8 Å². The monoisotopic (exact) mass is 424 g/mol. The summed E-state index contributed by atoms with van der Waals surface area (Å²) in [6.45, 7) is 6.75. The van der Waals surface area contributed by atoms with Gasteiger partial charge in [0.25, 0.3) is 0 Å². The third-order valence-electron chi connectivity index (χ3n) is 4.61. The molecule has 0 aliphatic rings. The highest BCUT2D eigenvalue weighted by Gasteiger charge is 2.12. The highest BCUT2D eigenvalue weighted by Crippen LogP contribution is 2.29. The largest absolute Gasteiger partial charge is 0.493 e. The molecule has 0 bridgehead atoms. The van der Waals surface area contributed by atoms with Crippen LogP contribution in [0.5, 0.6) is 11.5 Å². The second-order valence-electron chi connectivity index (χ2n) is 7.70. The van der Waals surface area contributed by atoms with Gasteiger partial charge in [0.2, 0.25) is 11.8 Å². The zero-order valence-corrected chi connectivity index (χ0v) is 19.0. The quantitative estimate of drug-likeness (QED) is 0.574. The minimum Gasteiger partial charge on any atom is -0.493 e. The standard InChI is InChI=1S/C25H32N2O4/c1-6-20-9-7-8-10-21(20)26-24(28)16-27(4)25(29)14-12-19-11-13-22(23(15-19)30-5)31-17-18(2)3/h7-15,18H,6,16-17H2,1-5H3,(H,26,28)/b14-12+. The van der Waals surface area contributed by atoms with Crippen LogP contribution in [0, 0.1) is 5.92 Å². The van der Waals surface area contributed by atoms with Crippen molar-refractivity contribution in [3.8, 4) is 11.5 Å². The zero-order chi connectivity index (χ0) is 22.8. The molecule has 0 aliphatic heterocycles. The van der Waals surface area contributed by atoms with Crippen LogP contribution in [0.25, 0.3) is 6.08 Å². The summed E-state index contributed by atoms with van der Waals surface area (Å²) < 4.78 is 11.1. The Morgan fingerprint density at radius 2 is 1.87 bits per heavy atom. The number of ether oxygens (including phenoxy) is 2. The maximum atomic E-state index is 12.4. The van der Waals surface area contributed by atoms with Crippen molar-refractivity contribution in [3.05, 3.63) is 59.7 Å². The molecule has 166 valence electrons. The number of hydrogen-bond acceptors (Lipinski definition) is 4. The smallest absolute Gasteiger partial charge is 0.246 e. The fraction of sp³-hybridized carbons (Fsp3) is 0.360. The summed E-state index contributed by atoms with van der Waals surface area (Å²) in [6, 6.07) is 13.1. The lowest BCUT2D eigenvalue weighted by Gasteiger charge is -2.16. The molecule has 0 heterocycles. The summed E-state index contributed by atoms with van der Waals surface area (Å²) in [5.74, 6) is 1.18. The van der Waals surface area contributed by atoms with E-state index in [9.17, 15) is 9.59 Å². The van der Waals surface area contributed by atoms with E-state index in [4.69, 9.17) is 9.47 Å². The van der Waals surface area contributed by atoms with Crippen molar-refractivity contribution in [2.45, 2.75) is 27.2 Å². The average Bonchev–Trinajstić information content (AvgIpc) is 2.76. The number of para-hydroxylation sites is 1. The number of carbonyl (C=O) groups is 2. The molecule has 0 radical (unpaired) electrons. The minimum absolute atomic E-state index is 0.0352. The topological polar surface area (TPSA) is 67.9 Å². The molecular formula is C25H32N2O4. The van der Waals surface area contributed by atoms with E-state index in [1.54, 1.807) is 20.2 Å². The van der Waals surface area contributed by atoms with Gasteiger partial charge in [-0.3, -0.25) is 9.59 Å². The summed E-state index contributed by atoms with van der Waals surface area (Å²) in [5, 5.41) is 2.87. The number of nitrogens with one attached hydrogen (secondary N) is 1. The Kier molecular flexibility index (Phi) is 9.13. The van der Waals surface area contributed by atoms with Crippen molar-refractivity contribution in [1.82, 2.24) is 4.90 Å². The lowest BCUT2D eigenvalue weighted by molar-refractivity contribution is -0.129. The lowest BCUT2D eigenvalue weighted by Crippen LogP contribution is -2.34. The van der Waals surface area contributed by atoms with Gasteiger partial charge in [-0.25, -0.2) is 0 Å². The molecule has 6 heteroatoms. The third-order valence-corrected chi connectivity index (χ3v) is 4.61. The van der Waals surface area contributed by atoms with Crippen molar-refractivity contribution >= 4 is 23.6 Å². The number of nitrogens with zero attached hydrogens (tertiary/aromatic N) is 1. The van der Waals surface area contributed by atoms with Crippen molar-refractivity contribution in [2.24, 2.45) is 5.92 Å².